The lowest BCUT2D eigenvalue weighted by atomic mass is 10.00. The van der Waals surface area contributed by atoms with Gasteiger partial charge in [0, 0.05) is 6.04 Å². The molecule has 1 N–H and O–H groups in total. The molecule has 1 aliphatic heterocycles. The predicted molar refractivity (Wildman–Crippen MR) is 84.0 cm³/mol. The van der Waals surface area contributed by atoms with Crippen LogP contribution in [0, 0.1) is 5.92 Å². The van der Waals surface area contributed by atoms with Crippen LogP contribution in [-0.4, -0.2) is 23.9 Å². The Labute approximate surface area is 126 Å². The molecule has 3 atom stereocenters. The molecule has 2 amide bonds. The first-order valence-corrected chi connectivity index (χ1v) is 7.70. The summed E-state index contributed by atoms with van der Waals surface area (Å²) in [6.45, 7) is 6.45. The van der Waals surface area contributed by atoms with Gasteiger partial charge in [0.15, 0.2) is 0 Å². The molecular formula is C17H24N2O2. The van der Waals surface area contributed by atoms with Crippen LogP contribution in [-0.2, 0) is 9.59 Å². The van der Waals surface area contributed by atoms with Crippen LogP contribution in [0.25, 0.3) is 0 Å². The Hall–Kier alpha value is -1.68. The summed E-state index contributed by atoms with van der Waals surface area (Å²) in [6, 6.07) is 8.97. The van der Waals surface area contributed by atoms with Crippen molar-refractivity contribution in [3.05, 3.63) is 30.3 Å². The van der Waals surface area contributed by atoms with E-state index < -0.39 is 6.04 Å². The highest BCUT2D eigenvalue weighted by atomic mass is 16.2. The summed E-state index contributed by atoms with van der Waals surface area (Å²) < 4.78 is 0. The first kappa shape index (κ1) is 15.7. The number of nitrogens with one attached hydrogen (secondary N) is 1. The van der Waals surface area contributed by atoms with Crippen LogP contribution in [0.1, 0.15) is 40.0 Å². The van der Waals surface area contributed by atoms with Gasteiger partial charge in [0.05, 0.1) is 18.2 Å². The molecular weight excluding hydrogens is 264 g/mol. The maximum atomic E-state index is 12.4. The number of benzene rings is 1. The second kappa shape index (κ2) is 6.85. The van der Waals surface area contributed by atoms with E-state index >= 15 is 0 Å². The third kappa shape index (κ3) is 3.70. The van der Waals surface area contributed by atoms with Gasteiger partial charge in [-0.05, 0) is 31.4 Å². The number of para-hydroxylation sites is 1. The first-order valence-electron chi connectivity index (χ1n) is 7.70. The molecule has 2 rings (SSSR count). The monoisotopic (exact) mass is 288 g/mol. The quantitative estimate of drug-likeness (QED) is 0.819. The number of hydrogen-bond donors (Lipinski definition) is 1. The van der Waals surface area contributed by atoms with E-state index in [-0.39, 0.29) is 24.3 Å². The minimum absolute atomic E-state index is 0.126. The highest BCUT2D eigenvalue weighted by Gasteiger charge is 2.39. The standard InChI is InChI=1S/C17H24N2O2/c1-4-12(2)10-13(3)18-15-11-16(20)19(17(15)21)14-8-6-5-7-9-14/h5-9,12-13,15,18H,4,10-11H2,1-3H3. The number of amides is 2. The van der Waals surface area contributed by atoms with Gasteiger partial charge >= 0.3 is 0 Å². The number of carbonyl (C=O) groups excluding carboxylic acids is 2. The summed E-state index contributed by atoms with van der Waals surface area (Å²) in [5.74, 6) is 0.353. The van der Waals surface area contributed by atoms with Crippen molar-refractivity contribution in [3.8, 4) is 0 Å². The second-order valence-corrected chi connectivity index (χ2v) is 5.98. The van der Waals surface area contributed by atoms with E-state index in [2.05, 4.69) is 26.1 Å². The molecule has 0 saturated carbocycles. The van der Waals surface area contributed by atoms with Crippen LogP contribution >= 0.6 is 0 Å². The van der Waals surface area contributed by atoms with Gasteiger partial charge in [-0.1, -0.05) is 38.5 Å². The second-order valence-electron chi connectivity index (χ2n) is 5.98. The zero-order chi connectivity index (χ0) is 15.4. The number of anilines is 1. The topological polar surface area (TPSA) is 49.4 Å². The van der Waals surface area contributed by atoms with Crippen molar-refractivity contribution in [1.29, 1.82) is 0 Å². The van der Waals surface area contributed by atoms with Crippen LogP contribution in [0.4, 0.5) is 5.69 Å². The van der Waals surface area contributed by atoms with E-state index in [4.69, 9.17) is 0 Å². The molecule has 1 heterocycles. The Bertz CT molecular complexity index is 501. The maximum Gasteiger partial charge on any atom is 0.251 e. The summed E-state index contributed by atoms with van der Waals surface area (Å²) in [7, 11) is 0. The smallest absolute Gasteiger partial charge is 0.251 e. The molecule has 3 unspecified atom stereocenters. The zero-order valence-electron chi connectivity index (χ0n) is 13.0. The van der Waals surface area contributed by atoms with Crippen LogP contribution < -0.4 is 10.2 Å². The highest BCUT2D eigenvalue weighted by Crippen LogP contribution is 2.23. The SMILES string of the molecule is CCC(C)CC(C)NC1CC(=O)N(c2ccccc2)C1=O. The average Bonchev–Trinajstić information content (AvgIpc) is 2.74. The van der Waals surface area contributed by atoms with Gasteiger partial charge in [0.2, 0.25) is 5.91 Å². The van der Waals surface area contributed by atoms with Gasteiger partial charge < -0.3 is 5.32 Å². The number of hydrogen-bond acceptors (Lipinski definition) is 3. The van der Waals surface area contributed by atoms with E-state index in [1.807, 2.05) is 18.2 Å². The third-order valence-electron chi connectivity index (χ3n) is 4.10. The molecule has 21 heavy (non-hydrogen) atoms. The van der Waals surface area contributed by atoms with E-state index in [9.17, 15) is 9.59 Å². The van der Waals surface area contributed by atoms with Crippen molar-refractivity contribution in [2.24, 2.45) is 5.92 Å². The molecule has 0 spiro atoms. The predicted octanol–water partition coefficient (Wildman–Crippen LogP) is 2.73. The van der Waals surface area contributed by atoms with Gasteiger partial charge in [0.25, 0.3) is 5.91 Å². The van der Waals surface area contributed by atoms with Gasteiger partial charge in [0.1, 0.15) is 0 Å². The molecule has 1 saturated heterocycles. The number of rotatable bonds is 6. The van der Waals surface area contributed by atoms with Crippen LogP contribution in [0.3, 0.4) is 0 Å². The molecule has 4 nitrogen and oxygen atoms in total. The Kier molecular flexibility index (Phi) is 5.12. The lowest BCUT2D eigenvalue weighted by Crippen LogP contribution is -2.43. The summed E-state index contributed by atoms with van der Waals surface area (Å²) in [5.41, 5.74) is 0.659. The Morgan fingerprint density at radius 3 is 2.52 bits per heavy atom. The first-order chi connectivity index (χ1) is 10.0. The molecule has 1 aromatic rings. The fraction of sp³-hybridized carbons (Fsp3) is 0.529. The average molecular weight is 288 g/mol. The van der Waals surface area contributed by atoms with Crippen LogP contribution in [0.15, 0.2) is 30.3 Å². The van der Waals surface area contributed by atoms with Crippen LogP contribution in [0.5, 0.6) is 0 Å². The molecule has 1 aliphatic rings. The number of imide groups is 1. The van der Waals surface area contributed by atoms with Gasteiger partial charge in [-0.15, -0.1) is 0 Å². The Morgan fingerprint density at radius 1 is 1.24 bits per heavy atom. The van der Waals surface area contributed by atoms with Crippen molar-refractivity contribution in [1.82, 2.24) is 5.32 Å². The van der Waals surface area contributed by atoms with Gasteiger partial charge in [-0.25, -0.2) is 4.90 Å². The molecule has 1 fully saturated rings. The zero-order valence-corrected chi connectivity index (χ0v) is 13.0. The summed E-state index contributed by atoms with van der Waals surface area (Å²) >= 11 is 0. The molecule has 4 heteroatoms. The molecule has 0 aliphatic carbocycles. The molecule has 114 valence electrons. The minimum atomic E-state index is -0.392. The Morgan fingerprint density at radius 2 is 1.90 bits per heavy atom. The minimum Gasteiger partial charge on any atom is -0.303 e. The van der Waals surface area contributed by atoms with Crippen molar-refractivity contribution in [2.45, 2.75) is 52.1 Å². The fourth-order valence-corrected chi connectivity index (χ4v) is 2.79. The van der Waals surface area contributed by atoms with Gasteiger partial charge in [-0.2, -0.15) is 0 Å². The molecule has 1 aromatic carbocycles. The molecule has 0 bridgehead atoms. The fourth-order valence-electron chi connectivity index (χ4n) is 2.79. The summed E-state index contributed by atoms with van der Waals surface area (Å²) in [6.07, 6.45) is 2.39. The van der Waals surface area contributed by atoms with Crippen molar-refractivity contribution >= 4 is 17.5 Å². The van der Waals surface area contributed by atoms with Crippen LogP contribution in [0.2, 0.25) is 0 Å². The third-order valence-corrected chi connectivity index (χ3v) is 4.10. The van der Waals surface area contributed by atoms with Gasteiger partial charge in [-0.3, -0.25) is 9.59 Å². The van der Waals surface area contributed by atoms with Crippen molar-refractivity contribution in [2.75, 3.05) is 4.90 Å². The maximum absolute atomic E-state index is 12.4. The molecule has 0 aromatic heterocycles. The lowest BCUT2D eigenvalue weighted by molar-refractivity contribution is -0.121. The normalized spacial score (nSPS) is 21.7. The van der Waals surface area contributed by atoms with E-state index in [0.717, 1.165) is 12.8 Å². The number of carbonyl (C=O) groups is 2. The van der Waals surface area contributed by atoms with E-state index in [1.165, 1.54) is 4.90 Å². The largest absolute Gasteiger partial charge is 0.303 e. The summed E-state index contributed by atoms with van der Waals surface area (Å²) in [4.78, 5) is 25.9. The highest BCUT2D eigenvalue weighted by molar-refractivity contribution is 6.22. The Balaban J connectivity index is 2.02. The van der Waals surface area contributed by atoms with Crippen molar-refractivity contribution < 1.29 is 9.59 Å². The lowest BCUT2D eigenvalue weighted by Gasteiger charge is -2.21. The van der Waals surface area contributed by atoms with E-state index in [1.54, 1.807) is 12.1 Å². The van der Waals surface area contributed by atoms with E-state index in [0.29, 0.717) is 11.6 Å². The number of nitrogens with zero attached hydrogens (tertiary/aromatic N) is 1. The van der Waals surface area contributed by atoms with Crippen molar-refractivity contribution in [3.63, 3.8) is 0 Å². The summed E-state index contributed by atoms with van der Waals surface area (Å²) in [5, 5.41) is 3.31. The molecule has 0 radical (unpaired) electrons.